The Hall–Kier alpha value is -4.82. The Kier molecular flexibility index (Phi) is 6.61. The molecule has 39 heavy (non-hydrogen) atoms. The second kappa shape index (κ2) is 10.5. The Morgan fingerprint density at radius 3 is 2.51 bits per heavy atom. The van der Waals surface area contributed by atoms with Gasteiger partial charge < -0.3 is 10.7 Å². The summed E-state index contributed by atoms with van der Waals surface area (Å²) in [5.41, 5.74) is 11.9. The molecular formula is C31H28N6O2. The molecule has 1 atom stereocenters. The molecule has 6 rings (SSSR count). The summed E-state index contributed by atoms with van der Waals surface area (Å²) in [5.74, 6) is 0. The Morgan fingerprint density at radius 2 is 1.77 bits per heavy atom. The van der Waals surface area contributed by atoms with Crippen LogP contribution in [0.5, 0.6) is 0 Å². The molecule has 1 fully saturated rings. The van der Waals surface area contributed by atoms with Crippen LogP contribution in [-0.4, -0.2) is 45.0 Å². The van der Waals surface area contributed by atoms with E-state index in [2.05, 4.69) is 39.1 Å². The number of nitrogens with two attached hydrogens (primary N) is 1. The minimum Gasteiger partial charge on any atom is -0.351 e. The highest BCUT2D eigenvalue weighted by molar-refractivity contribution is 5.92. The van der Waals surface area contributed by atoms with E-state index in [1.54, 1.807) is 23.5 Å². The summed E-state index contributed by atoms with van der Waals surface area (Å²) < 4.78 is 0. The van der Waals surface area contributed by atoms with Crippen molar-refractivity contribution >= 4 is 22.6 Å². The van der Waals surface area contributed by atoms with E-state index in [0.29, 0.717) is 10.9 Å². The molecule has 4 heterocycles. The molecule has 1 aliphatic heterocycles. The molecule has 8 heteroatoms. The van der Waals surface area contributed by atoms with Gasteiger partial charge in [-0.05, 0) is 41.8 Å². The molecule has 3 aromatic heterocycles. The van der Waals surface area contributed by atoms with E-state index >= 15 is 0 Å². The van der Waals surface area contributed by atoms with Crippen LogP contribution in [0.4, 0.5) is 10.5 Å². The number of urea groups is 1. The first-order valence-corrected chi connectivity index (χ1v) is 12.9. The third-order valence-corrected chi connectivity index (χ3v) is 7.26. The molecule has 0 spiro atoms. The highest BCUT2D eigenvalue weighted by Crippen LogP contribution is 2.33. The first-order chi connectivity index (χ1) is 19.1. The lowest BCUT2D eigenvalue weighted by atomic mass is 9.97. The molecule has 1 aliphatic rings. The second-order valence-corrected chi connectivity index (χ2v) is 9.78. The lowest BCUT2D eigenvalue weighted by Crippen LogP contribution is -2.45. The summed E-state index contributed by atoms with van der Waals surface area (Å²) in [7, 11) is 0. The van der Waals surface area contributed by atoms with E-state index < -0.39 is 6.03 Å². The van der Waals surface area contributed by atoms with Crippen LogP contribution in [-0.2, 0) is 6.54 Å². The molecule has 2 aromatic carbocycles. The number of hydrogen-bond donors (Lipinski definition) is 2. The van der Waals surface area contributed by atoms with Gasteiger partial charge in [-0.15, -0.1) is 0 Å². The van der Waals surface area contributed by atoms with Crippen LogP contribution in [0, 0.1) is 0 Å². The zero-order valence-electron chi connectivity index (χ0n) is 21.3. The molecule has 1 unspecified atom stereocenters. The monoisotopic (exact) mass is 516 g/mol. The van der Waals surface area contributed by atoms with E-state index in [0.717, 1.165) is 54.1 Å². The van der Waals surface area contributed by atoms with Gasteiger partial charge in [0, 0.05) is 55.0 Å². The number of fused-ring (bicyclic) bond motifs is 1. The summed E-state index contributed by atoms with van der Waals surface area (Å²) in [5, 5.41) is 0.567. The van der Waals surface area contributed by atoms with E-state index in [4.69, 9.17) is 10.7 Å². The highest BCUT2D eigenvalue weighted by Gasteiger charge is 2.30. The Morgan fingerprint density at radius 1 is 1.00 bits per heavy atom. The number of likely N-dealkylation sites (tertiary alicyclic amines) is 1. The average molecular weight is 517 g/mol. The number of H-pyrrole nitrogens is 1. The second-order valence-electron chi connectivity index (χ2n) is 9.78. The number of aromatic amines is 1. The van der Waals surface area contributed by atoms with Gasteiger partial charge in [-0.25, -0.2) is 9.78 Å². The van der Waals surface area contributed by atoms with Gasteiger partial charge in [-0.2, -0.15) is 0 Å². The van der Waals surface area contributed by atoms with E-state index in [9.17, 15) is 9.59 Å². The zero-order valence-corrected chi connectivity index (χ0v) is 21.3. The number of anilines is 1. The molecule has 0 aliphatic carbocycles. The summed E-state index contributed by atoms with van der Waals surface area (Å²) in [6.45, 7) is 2.39. The first-order valence-electron chi connectivity index (χ1n) is 12.9. The lowest BCUT2D eigenvalue weighted by molar-refractivity contribution is 0.251. The normalized spacial score (nSPS) is 15.4. The van der Waals surface area contributed by atoms with Gasteiger partial charge >= 0.3 is 6.03 Å². The SMILES string of the molecule is NC(=O)N(c1ccncc1)C1CCN(Cc2ccc(-c3nc4cc[nH]c(=O)c4cc3-c3ccccc3)cc2)C1. The van der Waals surface area contributed by atoms with Gasteiger partial charge in [-0.1, -0.05) is 54.6 Å². The van der Waals surface area contributed by atoms with Crippen molar-refractivity contribution in [3.8, 4) is 22.4 Å². The van der Waals surface area contributed by atoms with Crippen molar-refractivity contribution in [2.45, 2.75) is 19.0 Å². The van der Waals surface area contributed by atoms with Crippen molar-refractivity contribution in [1.82, 2.24) is 19.9 Å². The summed E-state index contributed by atoms with van der Waals surface area (Å²) >= 11 is 0. The molecule has 3 N–H and O–H groups in total. The van der Waals surface area contributed by atoms with E-state index in [1.165, 1.54) is 5.56 Å². The summed E-state index contributed by atoms with van der Waals surface area (Å²) in [6.07, 6.45) is 5.82. The largest absolute Gasteiger partial charge is 0.351 e. The molecular weight excluding hydrogens is 488 g/mol. The van der Waals surface area contributed by atoms with Crippen molar-refractivity contribution in [3.05, 3.63) is 113 Å². The van der Waals surface area contributed by atoms with E-state index in [1.807, 2.05) is 54.6 Å². The molecule has 0 radical (unpaired) electrons. The van der Waals surface area contributed by atoms with Crippen molar-refractivity contribution in [2.24, 2.45) is 5.73 Å². The van der Waals surface area contributed by atoms with Gasteiger partial charge in [0.25, 0.3) is 5.56 Å². The fourth-order valence-corrected chi connectivity index (χ4v) is 5.38. The van der Waals surface area contributed by atoms with Crippen molar-refractivity contribution in [1.29, 1.82) is 0 Å². The molecule has 0 saturated carbocycles. The number of aromatic nitrogens is 3. The minimum atomic E-state index is -0.448. The van der Waals surface area contributed by atoms with Crippen molar-refractivity contribution in [3.63, 3.8) is 0 Å². The molecule has 5 aromatic rings. The van der Waals surface area contributed by atoms with Crippen molar-refractivity contribution in [2.75, 3.05) is 18.0 Å². The average Bonchev–Trinajstić information content (AvgIpc) is 3.41. The maximum Gasteiger partial charge on any atom is 0.319 e. The topological polar surface area (TPSA) is 108 Å². The predicted molar refractivity (Wildman–Crippen MR) is 153 cm³/mol. The predicted octanol–water partition coefficient (Wildman–Crippen LogP) is 4.81. The number of carbonyl (C=O) groups excluding carboxylic acids is 1. The van der Waals surface area contributed by atoms with Crippen LogP contribution >= 0.6 is 0 Å². The fourth-order valence-electron chi connectivity index (χ4n) is 5.38. The third-order valence-electron chi connectivity index (χ3n) is 7.26. The van der Waals surface area contributed by atoms with Gasteiger partial charge in [0.05, 0.1) is 22.6 Å². The van der Waals surface area contributed by atoms with Crippen LogP contribution < -0.4 is 16.2 Å². The van der Waals surface area contributed by atoms with Gasteiger partial charge in [0.1, 0.15) is 0 Å². The number of rotatable bonds is 6. The fraction of sp³-hybridized carbons (Fsp3) is 0.161. The van der Waals surface area contributed by atoms with Crippen LogP contribution in [0.2, 0.25) is 0 Å². The minimum absolute atomic E-state index is 0.0163. The number of pyridine rings is 3. The standard InChI is InChI=1S/C31H28N6O2/c32-31(39)37(24-10-14-33-15-11-24)25-13-17-36(20-25)19-21-6-8-23(9-7-21)29-26(22-4-2-1-3-5-22)18-27-28(35-29)12-16-34-30(27)38/h1-12,14-16,18,25H,13,17,19-20H2,(H2,32,39)(H,34,38). The third kappa shape index (κ3) is 5.02. The lowest BCUT2D eigenvalue weighted by Gasteiger charge is -2.27. The molecule has 8 nitrogen and oxygen atoms in total. The van der Waals surface area contributed by atoms with Crippen LogP contribution in [0.15, 0.2) is 102 Å². The Balaban J connectivity index is 1.24. The zero-order chi connectivity index (χ0) is 26.8. The molecule has 1 saturated heterocycles. The molecule has 2 amide bonds. The van der Waals surface area contributed by atoms with Crippen LogP contribution in [0.1, 0.15) is 12.0 Å². The number of amides is 2. The summed E-state index contributed by atoms with van der Waals surface area (Å²) in [6, 6.07) is 25.4. The highest BCUT2D eigenvalue weighted by atomic mass is 16.2. The number of nitrogens with one attached hydrogen (secondary N) is 1. The first kappa shape index (κ1) is 24.5. The number of primary amides is 1. The van der Waals surface area contributed by atoms with Crippen LogP contribution in [0.3, 0.4) is 0 Å². The maximum atomic E-state index is 12.5. The smallest absolute Gasteiger partial charge is 0.319 e. The molecule has 0 bridgehead atoms. The number of hydrogen-bond acceptors (Lipinski definition) is 5. The van der Waals surface area contributed by atoms with Gasteiger partial charge in [0.15, 0.2) is 0 Å². The number of benzene rings is 2. The van der Waals surface area contributed by atoms with Gasteiger partial charge in [-0.3, -0.25) is 19.6 Å². The van der Waals surface area contributed by atoms with Gasteiger partial charge in [0.2, 0.25) is 0 Å². The molecule has 194 valence electrons. The Labute approximate surface area is 225 Å². The van der Waals surface area contributed by atoms with Crippen molar-refractivity contribution < 1.29 is 4.79 Å². The number of carbonyl (C=O) groups is 1. The van der Waals surface area contributed by atoms with E-state index in [-0.39, 0.29) is 11.6 Å². The van der Waals surface area contributed by atoms with Crippen LogP contribution in [0.25, 0.3) is 33.3 Å². The summed E-state index contributed by atoms with van der Waals surface area (Å²) in [4.78, 5) is 40.4. The number of nitrogens with zero attached hydrogens (tertiary/aromatic N) is 4. The Bertz CT molecular complexity index is 1670. The maximum absolute atomic E-state index is 12.5. The quantitative estimate of drug-likeness (QED) is 0.337.